The number of hydrogen-bond acceptors (Lipinski definition) is 4. The number of rotatable bonds is 5. The molecular weight excluding hydrogens is 294 g/mol. The Labute approximate surface area is 136 Å². The lowest BCUT2D eigenvalue weighted by Crippen LogP contribution is -2.41. The highest BCUT2D eigenvalue weighted by Crippen LogP contribution is 2.22. The summed E-state index contributed by atoms with van der Waals surface area (Å²) in [5.41, 5.74) is 0.948. The van der Waals surface area contributed by atoms with Crippen molar-refractivity contribution >= 4 is 11.8 Å². The van der Waals surface area contributed by atoms with Gasteiger partial charge in [-0.25, -0.2) is 4.98 Å². The number of pyridine rings is 1. The van der Waals surface area contributed by atoms with Crippen molar-refractivity contribution in [1.82, 2.24) is 15.6 Å². The predicted octanol–water partition coefficient (Wildman–Crippen LogP) is 1.69. The zero-order valence-corrected chi connectivity index (χ0v) is 13.2. The Morgan fingerprint density at radius 2 is 2.13 bits per heavy atom. The molecule has 124 valence electrons. The summed E-state index contributed by atoms with van der Waals surface area (Å²) < 4.78 is 5.94. The summed E-state index contributed by atoms with van der Waals surface area (Å²) in [6.45, 7) is 0.411. The van der Waals surface area contributed by atoms with E-state index in [0.717, 1.165) is 18.4 Å². The highest BCUT2D eigenvalue weighted by atomic mass is 16.5. The fraction of sp³-hybridized carbons (Fsp3) is 0.588. The first kappa shape index (κ1) is 15.8. The Kier molecular flexibility index (Phi) is 5.10. The topological polar surface area (TPSA) is 80.3 Å². The number of amides is 2. The molecule has 2 heterocycles. The van der Waals surface area contributed by atoms with Crippen LogP contribution in [-0.4, -0.2) is 28.9 Å². The Balaban J connectivity index is 1.50. The molecule has 0 radical (unpaired) electrons. The summed E-state index contributed by atoms with van der Waals surface area (Å²) in [6, 6.07) is 3.34. The van der Waals surface area contributed by atoms with Crippen LogP contribution < -0.4 is 15.4 Å². The lowest BCUT2D eigenvalue weighted by atomic mass is 9.98. The van der Waals surface area contributed by atoms with Gasteiger partial charge >= 0.3 is 0 Å². The van der Waals surface area contributed by atoms with Crippen molar-refractivity contribution in [3.8, 4) is 5.88 Å². The van der Waals surface area contributed by atoms with Crippen molar-refractivity contribution in [1.29, 1.82) is 0 Å². The van der Waals surface area contributed by atoms with E-state index in [1.54, 1.807) is 6.20 Å². The average molecular weight is 317 g/mol. The number of carbonyl (C=O) groups is 2. The zero-order chi connectivity index (χ0) is 16.1. The van der Waals surface area contributed by atoms with E-state index in [-0.39, 0.29) is 17.9 Å². The van der Waals surface area contributed by atoms with Crippen LogP contribution in [0.4, 0.5) is 0 Å². The molecule has 1 saturated carbocycles. The van der Waals surface area contributed by atoms with E-state index in [0.29, 0.717) is 25.3 Å². The molecule has 6 heteroatoms. The van der Waals surface area contributed by atoms with Crippen molar-refractivity contribution in [2.75, 3.05) is 0 Å². The monoisotopic (exact) mass is 317 g/mol. The summed E-state index contributed by atoms with van der Waals surface area (Å²) in [4.78, 5) is 27.4. The summed E-state index contributed by atoms with van der Waals surface area (Å²) in [7, 11) is 0. The van der Waals surface area contributed by atoms with Gasteiger partial charge in [0.15, 0.2) is 0 Å². The van der Waals surface area contributed by atoms with Gasteiger partial charge in [0.05, 0.1) is 0 Å². The van der Waals surface area contributed by atoms with E-state index in [2.05, 4.69) is 15.6 Å². The number of aromatic nitrogens is 1. The maximum Gasteiger partial charge on any atom is 0.242 e. The molecule has 1 aromatic heterocycles. The molecule has 2 aliphatic rings. The highest BCUT2D eigenvalue weighted by Gasteiger charge is 2.26. The van der Waals surface area contributed by atoms with Gasteiger partial charge < -0.3 is 15.4 Å². The molecule has 0 unspecified atom stereocenters. The minimum atomic E-state index is -0.401. The zero-order valence-electron chi connectivity index (χ0n) is 13.2. The molecule has 23 heavy (non-hydrogen) atoms. The van der Waals surface area contributed by atoms with Gasteiger partial charge in [0.1, 0.15) is 12.1 Å². The van der Waals surface area contributed by atoms with Crippen LogP contribution in [0.5, 0.6) is 5.88 Å². The van der Waals surface area contributed by atoms with Gasteiger partial charge in [0, 0.05) is 25.2 Å². The second-order valence-electron chi connectivity index (χ2n) is 6.26. The smallest absolute Gasteiger partial charge is 0.242 e. The molecule has 2 N–H and O–H groups in total. The van der Waals surface area contributed by atoms with Gasteiger partial charge in [0.2, 0.25) is 17.7 Å². The van der Waals surface area contributed by atoms with Gasteiger partial charge in [0.25, 0.3) is 0 Å². The molecule has 1 aromatic rings. The van der Waals surface area contributed by atoms with Crippen molar-refractivity contribution < 1.29 is 14.3 Å². The van der Waals surface area contributed by atoms with Crippen LogP contribution in [0, 0.1) is 0 Å². The van der Waals surface area contributed by atoms with E-state index in [1.807, 2.05) is 12.1 Å². The van der Waals surface area contributed by atoms with Gasteiger partial charge in [-0.3, -0.25) is 9.59 Å². The van der Waals surface area contributed by atoms with Crippen molar-refractivity contribution in [2.24, 2.45) is 0 Å². The van der Waals surface area contributed by atoms with Gasteiger partial charge in [-0.1, -0.05) is 6.42 Å². The normalized spacial score (nSPS) is 21.7. The van der Waals surface area contributed by atoms with Crippen LogP contribution in [-0.2, 0) is 16.1 Å². The highest BCUT2D eigenvalue weighted by molar-refractivity contribution is 5.90. The Morgan fingerprint density at radius 3 is 2.87 bits per heavy atom. The minimum absolute atomic E-state index is 0.0581. The first-order valence-electron chi connectivity index (χ1n) is 8.39. The van der Waals surface area contributed by atoms with E-state index in [9.17, 15) is 9.59 Å². The Bertz CT molecular complexity index is 570. The van der Waals surface area contributed by atoms with Gasteiger partial charge in [-0.2, -0.15) is 0 Å². The molecule has 1 aliphatic heterocycles. The first-order valence-corrected chi connectivity index (χ1v) is 8.39. The molecule has 3 rings (SSSR count). The van der Waals surface area contributed by atoms with Crippen LogP contribution in [0.15, 0.2) is 18.3 Å². The molecule has 0 aromatic carbocycles. The molecule has 0 spiro atoms. The van der Waals surface area contributed by atoms with Gasteiger partial charge in [-0.05, 0) is 43.7 Å². The van der Waals surface area contributed by atoms with E-state index < -0.39 is 6.04 Å². The fourth-order valence-electron chi connectivity index (χ4n) is 3.10. The van der Waals surface area contributed by atoms with Crippen LogP contribution in [0.1, 0.15) is 50.5 Å². The molecular formula is C17H23N3O3. The van der Waals surface area contributed by atoms with Crippen LogP contribution in [0.3, 0.4) is 0 Å². The molecule has 1 aliphatic carbocycles. The largest absolute Gasteiger partial charge is 0.474 e. The summed E-state index contributed by atoms with van der Waals surface area (Å²) in [5.74, 6) is 0.428. The number of hydrogen-bond donors (Lipinski definition) is 2. The molecule has 1 saturated heterocycles. The third-order valence-corrected chi connectivity index (χ3v) is 4.42. The molecule has 6 nitrogen and oxygen atoms in total. The molecule has 2 fully saturated rings. The average Bonchev–Trinajstić information content (AvgIpc) is 3.01. The summed E-state index contributed by atoms with van der Waals surface area (Å²) in [5, 5.41) is 5.52. The standard InChI is InChI=1S/C17H23N3O3/c21-15-7-6-14(20-15)17(22)19-11-12-8-9-18-16(10-12)23-13-4-2-1-3-5-13/h8-10,13-14H,1-7,11H2,(H,19,22)(H,20,21)/t14-/m1/s1. The third-order valence-electron chi connectivity index (χ3n) is 4.42. The maximum atomic E-state index is 12.0. The number of ether oxygens (including phenoxy) is 1. The van der Waals surface area contributed by atoms with Crippen LogP contribution in [0.25, 0.3) is 0 Å². The minimum Gasteiger partial charge on any atom is -0.474 e. The summed E-state index contributed by atoms with van der Waals surface area (Å²) in [6.07, 6.45) is 8.85. The second kappa shape index (κ2) is 7.44. The fourth-order valence-corrected chi connectivity index (χ4v) is 3.10. The number of nitrogens with zero attached hydrogens (tertiary/aromatic N) is 1. The Morgan fingerprint density at radius 1 is 1.30 bits per heavy atom. The second-order valence-corrected chi connectivity index (χ2v) is 6.26. The quantitative estimate of drug-likeness (QED) is 0.866. The SMILES string of the molecule is O=C1CC[C@H](C(=O)NCc2ccnc(OC3CCCCC3)c2)N1. The summed E-state index contributed by atoms with van der Waals surface area (Å²) >= 11 is 0. The lowest BCUT2D eigenvalue weighted by Gasteiger charge is -2.22. The molecule has 0 bridgehead atoms. The Hall–Kier alpha value is -2.11. The van der Waals surface area contributed by atoms with E-state index in [1.165, 1.54) is 19.3 Å². The van der Waals surface area contributed by atoms with Gasteiger partial charge in [-0.15, -0.1) is 0 Å². The van der Waals surface area contributed by atoms with Crippen molar-refractivity contribution in [3.05, 3.63) is 23.9 Å². The lowest BCUT2D eigenvalue weighted by molar-refractivity contribution is -0.125. The van der Waals surface area contributed by atoms with Crippen LogP contribution >= 0.6 is 0 Å². The van der Waals surface area contributed by atoms with Crippen LogP contribution in [0.2, 0.25) is 0 Å². The van der Waals surface area contributed by atoms with Crippen molar-refractivity contribution in [2.45, 2.75) is 63.6 Å². The number of carbonyl (C=O) groups excluding carboxylic acids is 2. The van der Waals surface area contributed by atoms with Crippen molar-refractivity contribution in [3.63, 3.8) is 0 Å². The maximum absolute atomic E-state index is 12.0. The number of nitrogens with one attached hydrogen (secondary N) is 2. The first-order chi connectivity index (χ1) is 11.2. The molecule has 2 amide bonds. The predicted molar refractivity (Wildman–Crippen MR) is 84.7 cm³/mol. The third kappa shape index (κ3) is 4.43. The molecule has 1 atom stereocenters. The van der Waals surface area contributed by atoms with E-state index >= 15 is 0 Å². The van der Waals surface area contributed by atoms with E-state index in [4.69, 9.17) is 4.74 Å².